The van der Waals surface area contributed by atoms with Crippen LogP contribution in [0.2, 0.25) is 0 Å². The largest absolute Gasteiger partial charge is 0.359 e. The molecule has 0 bridgehead atoms. The normalized spacial score (nSPS) is 10.6. The molecule has 0 spiro atoms. The van der Waals surface area contributed by atoms with Gasteiger partial charge in [0.05, 0.1) is 5.69 Å². The fraction of sp³-hybridized carbons (Fsp3) is 0.312. The molecule has 19 heavy (non-hydrogen) atoms. The first kappa shape index (κ1) is 13.9. The van der Waals surface area contributed by atoms with E-state index in [2.05, 4.69) is 36.2 Å². The van der Waals surface area contributed by atoms with Gasteiger partial charge in [0.1, 0.15) is 0 Å². The second kappa shape index (κ2) is 7.19. The van der Waals surface area contributed by atoms with Crippen LogP contribution in [0.1, 0.15) is 34.5 Å². The van der Waals surface area contributed by atoms with E-state index in [-0.39, 0.29) is 5.78 Å². The number of thioether (sulfide) groups is 1. The Morgan fingerprint density at radius 3 is 2.68 bits per heavy atom. The van der Waals surface area contributed by atoms with Gasteiger partial charge in [0.25, 0.3) is 0 Å². The topological polar surface area (TPSA) is 32.9 Å². The number of benzene rings is 1. The standard InChI is InChI=1S/C16H19NOS/c1-13-6-8-14(9-7-13)12-19-11-3-5-16(18)15-4-2-10-17-15/h2,4,6-10,17H,3,5,11-12H2,1H3. The van der Waals surface area contributed by atoms with Crippen molar-refractivity contribution >= 4 is 17.5 Å². The summed E-state index contributed by atoms with van der Waals surface area (Å²) >= 11 is 1.89. The van der Waals surface area contributed by atoms with Crippen LogP contribution in [0.15, 0.2) is 42.6 Å². The predicted octanol–water partition coefficient (Wildman–Crippen LogP) is 4.22. The molecule has 0 aliphatic rings. The Hall–Kier alpha value is -1.48. The monoisotopic (exact) mass is 273 g/mol. The molecule has 0 atom stereocenters. The molecule has 0 aliphatic heterocycles. The number of Topliss-reactive ketones (excluding diaryl/α,β-unsaturated/α-hetero) is 1. The van der Waals surface area contributed by atoms with Gasteiger partial charge in [0.15, 0.2) is 5.78 Å². The molecule has 0 unspecified atom stereocenters. The lowest BCUT2D eigenvalue weighted by Crippen LogP contribution is -1.99. The van der Waals surface area contributed by atoms with Crippen molar-refractivity contribution in [3.8, 4) is 0 Å². The van der Waals surface area contributed by atoms with Crippen LogP contribution in [-0.2, 0) is 5.75 Å². The second-order valence-electron chi connectivity index (χ2n) is 4.65. The van der Waals surface area contributed by atoms with Gasteiger partial charge in [-0.1, -0.05) is 29.8 Å². The molecule has 2 aromatic rings. The highest BCUT2D eigenvalue weighted by Gasteiger charge is 2.05. The minimum Gasteiger partial charge on any atom is -0.359 e. The number of carbonyl (C=O) groups is 1. The Balaban J connectivity index is 1.62. The number of carbonyl (C=O) groups excluding carboxylic acids is 1. The third kappa shape index (κ3) is 4.60. The number of hydrogen-bond acceptors (Lipinski definition) is 2. The number of nitrogens with one attached hydrogen (secondary N) is 1. The SMILES string of the molecule is Cc1ccc(CSCCCC(=O)c2ccc[nH]2)cc1. The van der Waals surface area contributed by atoms with E-state index < -0.39 is 0 Å². The summed E-state index contributed by atoms with van der Waals surface area (Å²) in [4.78, 5) is 14.7. The van der Waals surface area contributed by atoms with E-state index in [0.29, 0.717) is 6.42 Å². The van der Waals surface area contributed by atoms with Crippen molar-refractivity contribution in [2.75, 3.05) is 5.75 Å². The fourth-order valence-electron chi connectivity index (χ4n) is 1.85. The minimum atomic E-state index is 0.209. The maximum Gasteiger partial charge on any atom is 0.179 e. The Labute approximate surface area is 118 Å². The van der Waals surface area contributed by atoms with Gasteiger partial charge in [0, 0.05) is 18.4 Å². The van der Waals surface area contributed by atoms with Gasteiger partial charge in [-0.2, -0.15) is 11.8 Å². The van der Waals surface area contributed by atoms with Crippen molar-refractivity contribution in [1.29, 1.82) is 0 Å². The Morgan fingerprint density at radius 2 is 2.00 bits per heavy atom. The van der Waals surface area contributed by atoms with Crippen LogP contribution in [-0.4, -0.2) is 16.5 Å². The molecule has 0 saturated carbocycles. The summed E-state index contributed by atoms with van der Waals surface area (Å²) in [5.74, 6) is 2.26. The summed E-state index contributed by atoms with van der Waals surface area (Å²) in [6.07, 6.45) is 3.36. The van der Waals surface area contributed by atoms with Crippen molar-refractivity contribution in [2.45, 2.75) is 25.5 Å². The average molecular weight is 273 g/mol. The molecule has 0 radical (unpaired) electrons. The van der Waals surface area contributed by atoms with Crippen molar-refractivity contribution in [3.63, 3.8) is 0 Å². The molecule has 0 fully saturated rings. The predicted molar refractivity (Wildman–Crippen MR) is 81.7 cm³/mol. The van der Waals surface area contributed by atoms with E-state index in [9.17, 15) is 4.79 Å². The van der Waals surface area contributed by atoms with Crippen LogP contribution in [0.25, 0.3) is 0 Å². The maximum absolute atomic E-state index is 11.7. The lowest BCUT2D eigenvalue weighted by Gasteiger charge is -2.02. The second-order valence-corrected chi connectivity index (χ2v) is 5.75. The number of rotatable bonds is 7. The number of H-pyrrole nitrogens is 1. The summed E-state index contributed by atoms with van der Waals surface area (Å²) in [6, 6.07) is 12.3. The zero-order valence-electron chi connectivity index (χ0n) is 11.2. The van der Waals surface area contributed by atoms with Crippen molar-refractivity contribution < 1.29 is 4.79 Å². The van der Waals surface area contributed by atoms with Gasteiger partial charge in [-0.25, -0.2) is 0 Å². The van der Waals surface area contributed by atoms with E-state index in [0.717, 1.165) is 23.6 Å². The number of hydrogen-bond donors (Lipinski definition) is 1. The zero-order valence-corrected chi connectivity index (χ0v) is 12.0. The number of ketones is 1. The van der Waals surface area contributed by atoms with Gasteiger partial charge in [-0.05, 0) is 36.8 Å². The summed E-state index contributed by atoms with van der Waals surface area (Å²) < 4.78 is 0. The van der Waals surface area contributed by atoms with E-state index in [4.69, 9.17) is 0 Å². The van der Waals surface area contributed by atoms with Crippen LogP contribution in [0, 0.1) is 6.92 Å². The Bertz CT molecular complexity index is 502. The van der Waals surface area contributed by atoms with Crippen LogP contribution in [0.4, 0.5) is 0 Å². The number of aromatic nitrogens is 1. The fourth-order valence-corrected chi connectivity index (χ4v) is 2.77. The van der Waals surface area contributed by atoms with Crippen LogP contribution >= 0.6 is 11.8 Å². The van der Waals surface area contributed by atoms with Crippen LogP contribution in [0.3, 0.4) is 0 Å². The molecule has 2 nitrogen and oxygen atoms in total. The highest BCUT2D eigenvalue weighted by Crippen LogP contribution is 2.15. The van der Waals surface area contributed by atoms with Gasteiger partial charge < -0.3 is 4.98 Å². The van der Waals surface area contributed by atoms with E-state index >= 15 is 0 Å². The number of aryl methyl sites for hydroxylation is 1. The average Bonchev–Trinajstić information content (AvgIpc) is 2.94. The van der Waals surface area contributed by atoms with Gasteiger partial charge >= 0.3 is 0 Å². The highest BCUT2D eigenvalue weighted by atomic mass is 32.2. The van der Waals surface area contributed by atoms with Gasteiger partial charge in [0.2, 0.25) is 0 Å². The van der Waals surface area contributed by atoms with Crippen LogP contribution < -0.4 is 0 Å². The third-order valence-electron chi connectivity index (χ3n) is 2.98. The van der Waals surface area contributed by atoms with Gasteiger partial charge in [-0.15, -0.1) is 0 Å². The molecule has 100 valence electrons. The molecule has 0 aliphatic carbocycles. The molecular weight excluding hydrogens is 254 g/mol. The maximum atomic E-state index is 11.7. The summed E-state index contributed by atoms with van der Waals surface area (Å²) in [5, 5.41) is 0. The molecule has 1 N–H and O–H groups in total. The van der Waals surface area contributed by atoms with Gasteiger partial charge in [-0.3, -0.25) is 4.79 Å². The molecule has 1 heterocycles. The van der Waals surface area contributed by atoms with Crippen molar-refractivity contribution in [2.24, 2.45) is 0 Å². The van der Waals surface area contributed by atoms with Crippen molar-refractivity contribution in [1.82, 2.24) is 4.98 Å². The quantitative estimate of drug-likeness (QED) is 0.605. The summed E-state index contributed by atoms with van der Waals surface area (Å²) in [6.45, 7) is 2.10. The first-order valence-electron chi connectivity index (χ1n) is 6.55. The van der Waals surface area contributed by atoms with E-state index in [1.54, 1.807) is 6.20 Å². The first-order chi connectivity index (χ1) is 9.25. The molecule has 1 aromatic carbocycles. The number of aromatic amines is 1. The molecule has 2 rings (SSSR count). The molecule has 0 amide bonds. The van der Waals surface area contributed by atoms with E-state index in [1.807, 2.05) is 23.9 Å². The minimum absolute atomic E-state index is 0.209. The summed E-state index contributed by atoms with van der Waals surface area (Å²) in [5.41, 5.74) is 3.38. The summed E-state index contributed by atoms with van der Waals surface area (Å²) in [7, 11) is 0. The Kier molecular flexibility index (Phi) is 5.28. The first-order valence-corrected chi connectivity index (χ1v) is 7.71. The molecule has 0 saturated heterocycles. The lowest BCUT2D eigenvalue weighted by atomic mass is 10.2. The molecule has 1 aromatic heterocycles. The smallest absolute Gasteiger partial charge is 0.179 e. The third-order valence-corrected chi connectivity index (χ3v) is 4.10. The van der Waals surface area contributed by atoms with Crippen molar-refractivity contribution in [3.05, 3.63) is 59.4 Å². The molecular formula is C16H19NOS. The lowest BCUT2D eigenvalue weighted by molar-refractivity contribution is 0.0978. The van der Waals surface area contributed by atoms with Crippen LogP contribution in [0.5, 0.6) is 0 Å². The Morgan fingerprint density at radius 1 is 1.21 bits per heavy atom. The molecule has 3 heteroatoms. The zero-order chi connectivity index (χ0) is 13.5. The highest BCUT2D eigenvalue weighted by molar-refractivity contribution is 7.98. The van der Waals surface area contributed by atoms with E-state index in [1.165, 1.54) is 11.1 Å².